The summed E-state index contributed by atoms with van der Waals surface area (Å²) in [5, 5.41) is 12.5. The highest BCUT2D eigenvalue weighted by Gasteiger charge is 2.24. The highest BCUT2D eigenvalue weighted by molar-refractivity contribution is 7.99. The summed E-state index contributed by atoms with van der Waals surface area (Å²) in [7, 11) is 1.86. The maximum Gasteiger partial charge on any atom is 0.255 e. The summed E-state index contributed by atoms with van der Waals surface area (Å²) in [5.74, 6) is 0.912. The molecule has 3 rings (SSSR count). The normalized spacial score (nSPS) is 12.9. The predicted octanol–water partition coefficient (Wildman–Crippen LogP) is 3.88. The molecule has 3 aromatic heterocycles. The van der Waals surface area contributed by atoms with Crippen molar-refractivity contribution < 1.29 is 14.3 Å². The fraction of sp³-hybridized carbons (Fsp3) is 0.400. The van der Waals surface area contributed by atoms with E-state index in [0.29, 0.717) is 28.4 Å². The van der Waals surface area contributed by atoms with Gasteiger partial charge in [0.2, 0.25) is 0 Å². The predicted molar refractivity (Wildman–Crippen MR) is 113 cm³/mol. The molecule has 0 bridgehead atoms. The van der Waals surface area contributed by atoms with Crippen LogP contribution in [0.15, 0.2) is 29.4 Å². The topological polar surface area (TPSA) is 92.9 Å². The Kier molecular flexibility index (Phi) is 5.90. The minimum atomic E-state index is -1.49. The van der Waals surface area contributed by atoms with Crippen LogP contribution in [-0.4, -0.2) is 41.9 Å². The monoisotopic (exact) mass is 417 g/mol. The van der Waals surface area contributed by atoms with Crippen molar-refractivity contribution in [3.05, 3.63) is 30.2 Å². The van der Waals surface area contributed by atoms with Gasteiger partial charge in [0.1, 0.15) is 17.5 Å². The third-order valence-electron chi connectivity index (χ3n) is 4.37. The van der Waals surface area contributed by atoms with E-state index in [9.17, 15) is 14.3 Å². The molecule has 0 saturated heterocycles. The van der Waals surface area contributed by atoms with Crippen LogP contribution in [-0.2, 0) is 11.8 Å². The first-order chi connectivity index (χ1) is 13.6. The zero-order chi connectivity index (χ0) is 21.3. The van der Waals surface area contributed by atoms with Crippen molar-refractivity contribution in [2.45, 2.75) is 44.4 Å². The average molecular weight is 418 g/mol. The zero-order valence-corrected chi connectivity index (χ0v) is 17.8. The van der Waals surface area contributed by atoms with E-state index in [4.69, 9.17) is 0 Å². The molecule has 0 aliphatic heterocycles. The number of aryl methyl sites for hydroxylation is 1. The standard InChI is InChI=1S/C20H24FN5O2S/c1-6-29-16-7-12(24-19(27)20(3,4)28)9-23-17(16)18-25-14-8-13(11(2)21)22-10-15(14)26(18)5/h7-11,28H,6H2,1-5H3,(H,24,27). The first-order valence-electron chi connectivity index (χ1n) is 9.25. The summed E-state index contributed by atoms with van der Waals surface area (Å²) in [5.41, 5.74) is 1.41. The quantitative estimate of drug-likeness (QED) is 0.591. The molecule has 9 heteroatoms. The fourth-order valence-corrected chi connectivity index (χ4v) is 3.57. The maximum absolute atomic E-state index is 13.6. The molecule has 3 heterocycles. The number of rotatable bonds is 6. The summed E-state index contributed by atoms with van der Waals surface area (Å²) < 4.78 is 15.5. The van der Waals surface area contributed by atoms with Crippen LogP contribution in [0, 0.1) is 0 Å². The number of nitrogens with zero attached hydrogens (tertiary/aromatic N) is 4. The first kappa shape index (κ1) is 21.2. The SMILES string of the molecule is CCSc1cc(NC(=O)C(C)(C)O)cnc1-c1nc2cc(C(C)F)ncc2n1C. The van der Waals surface area contributed by atoms with Crippen molar-refractivity contribution >= 4 is 34.4 Å². The van der Waals surface area contributed by atoms with Crippen molar-refractivity contribution in [2.75, 3.05) is 11.1 Å². The van der Waals surface area contributed by atoms with Gasteiger partial charge in [-0.3, -0.25) is 9.78 Å². The Balaban J connectivity index is 2.05. The number of amides is 1. The van der Waals surface area contributed by atoms with E-state index in [2.05, 4.69) is 20.3 Å². The molecule has 1 amide bonds. The van der Waals surface area contributed by atoms with Crippen LogP contribution in [0.4, 0.5) is 10.1 Å². The molecule has 0 aliphatic carbocycles. The number of alkyl halides is 1. The number of halogens is 1. The molecule has 0 saturated carbocycles. The van der Waals surface area contributed by atoms with Crippen LogP contribution in [0.5, 0.6) is 0 Å². The van der Waals surface area contributed by atoms with E-state index in [1.165, 1.54) is 27.0 Å². The molecule has 3 aromatic rings. The van der Waals surface area contributed by atoms with Crippen molar-refractivity contribution in [1.29, 1.82) is 0 Å². The number of pyridine rings is 2. The summed E-state index contributed by atoms with van der Waals surface area (Å²) in [4.78, 5) is 26.2. The number of aromatic nitrogens is 4. The second-order valence-corrected chi connectivity index (χ2v) is 8.53. The number of imidazole rings is 1. The van der Waals surface area contributed by atoms with Gasteiger partial charge >= 0.3 is 0 Å². The Labute approximate surface area is 172 Å². The highest BCUT2D eigenvalue weighted by Crippen LogP contribution is 2.33. The fourth-order valence-electron chi connectivity index (χ4n) is 2.76. The number of hydrogen-bond acceptors (Lipinski definition) is 6. The number of aliphatic hydroxyl groups is 1. The van der Waals surface area contributed by atoms with Crippen LogP contribution in [0.1, 0.15) is 39.6 Å². The van der Waals surface area contributed by atoms with Crippen molar-refractivity contribution in [1.82, 2.24) is 19.5 Å². The van der Waals surface area contributed by atoms with E-state index in [1.54, 1.807) is 24.0 Å². The molecule has 1 unspecified atom stereocenters. The van der Waals surface area contributed by atoms with Crippen LogP contribution in [0.25, 0.3) is 22.6 Å². The summed E-state index contributed by atoms with van der Waals surface area (Å²) in [6.07, 6.45) is 1.97. The van der Waals surface area contributed by atoms with Gasteiger partial charge in [0.05, 0.1) is 34.8 Å². The number of fused-ring (bicyclic) bond motifs is 1. The largest absolute Gasteiger partial charge is 0.381 e. The zero-order valence-electron chi connectivity index (χ0n) is 17.0. The van der Waals surface area contributed by atoms with Gasteiger partial charge in [0, 0.05) is 11.9 Å². The number of thioether (sulfide) groups is 1. The lowest BCUT2D eigenvalue weighted by Crippen LogP contribution is -2.36. The van der Waals surface area contributed by atoms with Gasteiger partial charge in [-0.05, 0) is 38.7 Å². The third kappa shape index (κ3) is 4.40. The molecule has 2 N–H and O–H groups in total. The lowest BCUT2D eigenvalue weighted by atomic mass is 10.1. The summed E-state index contributed by atoms with van der Waals surface area (Å²) in [6, 6.07) is 3.46. The molecular formula is C20H24FN5O2S. The average Bonchev–Trinajstić information content (AvgIpc) is 2.97. The molecule has 154 valence electrons. The lowest BCUT2D eigenvalue weighted by molar-refractivity contribution is -0.130. The Morgan fingerprint density at radius 3 is 2.69 bits per heavy atom. The molecule has 29 heavy (non-hydrogen) atoms. The van der Waals surface area contributed by atoms with Crippen LogP contribution in [0.2, 0.25) is 0 Å². The molecule has 0 spiro atoms. The van der Waals surface area contributed by atoms with Gasteiger partial charge in [-0.25, -0.2) is 14.4 Å². The van der Waals surface area contributed by atoms with Gasteiger partial charge in [0.25, 0.3) is 5.91 Å². The second kappa shape index (κ2) is 8.08. The molecule has 7 nitrogen and oxygen atoms in total. The number of anilines is 1. The van der Waals surface area contributed by atoms with Crippen molar-refractivity contribution in [3.63, 3.8) is 0 Å². The number of carbonyl (C=O) groups excluding carboxylic acids is 1. The third-order valence-corrected chi connectivity index (χ3v) is 5.28. The van der Waals surface area contributed by atoms with Crippen LogP contribution in [0.3, 0.4) is 0 Å². The van der Waals surface area contributed by atoms with Gasteiger partial charge in [0.15, 0.2) is 5.82 Å². The molecule has 0 radical (unpaired) electrons. The van der Waals surface area contributed by atoms with E-state index < -0.39 is 17.7 Å². The Bertz CT molecular complexity index is 1060. The smallest absolute Gasteiger partial charge is 0.255 e. The molecule has 0 aliphatic rings. The van der Waals surface area contributed by atoms with Crippen molar-refractivity contribution in [2.24, 2.45) is 7.05 Å². The first-order valence-corrected chi connectivity index (χ1v) is 10.2. The highest BCUT2D eigenvalue weighted by atomic mass is 32.2. The van der Waals surface area contributed by atoms with Gasteiger partial charge in [-0.2, -0.15) is 0 Å². The minimum absolute atomic E-state index is 0.336. The van der Waals surface area contributed by atoms with Crippen LogP contribution >= 0.6 is 11.8 Å². The van der Waals surface area contributed by atoms with Crippen molar-refractivity contribution in [3.8, 4) is 11.5 Å². The van der Waals surface area contributed by atoms with Crippen LogP contribution < -0.4 is 5.32 Å². The Morgan fingerprint density at radius 1 is 1.34 bits per heavy atom. The molecule has 0 aromatic carbocycles. The molecular weight excluding hydrogens is 393 g/mol. The maximum atomic E-state index is 13.6. The number of hydrogen-bond donors (Lipinski definition) is 2. The Hall–Kier alpha value is -2.52. The van der Waals surface area contributed by atoms with Gasteiger partial charge in [-0.15, -0.1) is 11.8 Å². The summed E-state index contributed by atoms with van der Waals surface area (Å²) >= 11 is 1.57. The number of carbonyl (C=O) groups is 1. The van der Waals surface area contributed by atoms with E-state index in [1.807, 2.05) is 24.6 Å². The number of nitrogens with one attached hydrogen (secondary N) is 1. The minimum Gasteiger partial charge on any atom is -0.381 e. The van der Waals surface area contributed by atoms with Gasteiger partial charge in [-0.1, -0.05) is 6.92 Å². The lowest BCUT2D eigenvalue weighted by Gasteiger charge is -2.17. The second-order valence-electron chi connectivity index (χ2n) is 7.23. The summed E-state index contributed by atoms with van der Waals surface area (Å²) in [6.45, 7) is 6.30. The molecule has 0 fully saturated rings. The van der Waals surface area contributed by atoms with E-state index in [-0.39, 0.29) is 0 Å². The van der Waals surface area contributed by atoms with E-state index >= 15 is 0 Å². The van der Waals surface area contributed by atoms with Gasteiger partial charge < -0.3 is 15.0 Å². The van der Waals surface area contributed by atoms with E-state index in [0.717, 1.165) is 16.2 Å². The molecule has 1 atom stereocenters. The Morgan fingerprint density at radius 2 is 2.07 bits per heavy atom.